The van der Waals surface area contributed by atoms with Crippen molar-refractivity contribution in [3.05, 3.63) is 60.2 Å². The fourth-order valence-corrected chi connectivity index (χ4v) is 2.44. The third-order valence-corrected chi connectivity index (χ3v) is 3.62. The zero-order valence-electron chi connectivity index (χ0n) is 14.8. The SMILES string of the molecule is CCCc1cccc[n+]1CC.CCc1cccc[n+]1CC.[I-].[I-]. The van der Waals surface area contributed by atoms with Crippen molar-refractivity contribution in [3.63, 3.8) is 0 Å². The zero-order chi connectivity index (χ0) is 15.5. The molecule has 2 heterocycles. The monoisotopic (exact) mass is 540 g/mol. The van der Waals surface area contributed by atoms with E-state index in [1.165, 1.54) is 24.2 Å². The molecule has 0 N–H and O–H groups in total. The second kappa shape index (κ2) is 15.3. The van der Waals surface area contributed by atoms with Crippen LogP contribution in [-0.2, 0) is 25.9 Å². The summed E-state index contributed by atoms with van der Waals surface area (Å²) in [5.74, 6) is 0. The molecule has 0 unspecified atom stereocenters. The molecule has 23 heavy (non-hydrogen) atoms. The number of rotatable bonds is 5. The van der Waals surface area contributed by atoms with Gasteiger partial charge in [-0.25, -0.2) is 9.13 Å². The number of nitrogens with zero attached hydrogens (tertiary/aromatic N) is 2. The lowest BCUT2D eigenvalue weighted by molar-refractivity contribution is -0.701. The van der Waals surface area contributed by atoms with Crippen molar-refractivity contribution in [3.8, 4) is 0 Å². The summed E-state index contributed by atoms with van der Waals surface area (Å²) >= 11 is 0. The second-order valence-electron chi connectivity index (χ2n) is 5.06. The first-order valence-corrected chi connectivity index (χ1v) is 8.21. The van der Waals surface area contributed by atoms with Gasteiger partial charge in [0.25, 0.3) is 0 Å². The first kappa shape index (κ1) is 25.0. The summed E-state index contributed by atoms with van der Waals surface area (Å²) in [6, 6.07) is 12.7. The van der Waals surface area contributed by atoms with Crippen LogP contribution in [0.4, 0.5) is 0 Å². The maximum Gasteiger partial charge on any atom is 0.181 e. The molecule has 0 bridgehead atoms. The zero-order valence-corrected chi connectivity index (χ0v) is 19.1. The molecule has 0 fully saturated rings. The van der Waals surface area contributed by atoms with Crippen molar-refractivity contribution in [2.24, 2.45) is 0 Å². The van der Waals surface area contributed by atoms with Crippen LogP contribution < -0.4 is 57.1 Å². The number of hydrogen-bond donors (Lipinski definition) is 0. The Labute approximate surface area is 176 Å². The van der Waals surface area contributed by atoms with Crippen molar-refractivity contribution in [2.75, 3.05) is 0 Å². The van der Waals surface area contributed by atoms with Crippen LogP contribution in [0.3, 0.4) is 0 Å². The number of aromatic nitrogens is 2. The molecule has 0 aliphatic heterocycles. The summed E-state index contributed by atoms with van der Waals surface area (Å²) < 4.78 is 4.56. The van der Waals surface area contributed by atoms with Crippen molar-refractivity contribution >= 4 is 0 Å². The van der Waals surface area contributed by atoms with Crippen LogP contribution in [0.1, 0.15) is 45.5 Å². The molecule has 0 atom stereocenters. The molecule has 0 aromatic carbocycles. The Balaban J connectivity index is 0. The fraction of sp³-hybridized carbons (Fsp3) is 0.474. The Morgan fingerprint density at radius 2 is 1.17 bits per heavy atom. The predicted octanol–water partition coefficient (Wildman–Crippen LogP) is -2.49. The van der Waals surface area contributed by atoms with Crippen LogP contribution in [-0.4, -0.2) is 0 Å². The first-order chi connectivity index (χ1) is 10.3. The highest BCUT2D eigenvalue weighted by molar-refractivity contribution is 4.97. The molecule has 2 rings (SSSR count). The molecule has 0 saturated carbocycles. The molecule has 0 aliphatic rings. The summed E-state index contributed by atoms with van der Waals surface area (Å²) in [4.78, 5) is 0. The lowest BCUT2D eigenvalue weighted by Gasteiger charge is -1.98. The number of halogens is 2. The van der Waals surface area contributed by atoms with Gasteiger partial charge in [0.15, 0.2) is 23.8 Å². The maximum atomic E-state index is 2.30. The van der Waals surface area contributed by atoms with Gasteiger partial charge in [0, 0.05) is 37.1 Å². The number of aryl methyl sites for hydroxylation is 4. The van der Waals surface area contributed by atoms with Crippen molar-refractivity contribution in [2.45, 2.75) is 60.0 Å². The largest absolute Gasteiger partial charge is 1.00 e. The molecule has 0 aliphatic carbocycles. The van der Waals surface area contributed by atoms with Gasteiger partial charge in [-0.05, 0) is 20.3 Å². The maximum absolute atomic E-state index is 2.30. The molecular weight excluding hydrogens is 510 g/mol. The second-order valence-corrected chi connectivity index (χ2v) is 5.06. The van der Waals surface area contributed by atoms with Gasteiger partial charge in [-0.3, -0.25) is 0 Å². The van der Waals surface area contributed by atoms with Gasteiger partial charge in [-0.2, -0.15) is 0 Å². The highest BCUT2D eigenvalue weighted by Crippen LogP contribution is 1.95. The molecular formula is C19H30I2N2. The van der Waals surface area contributed by atoms with Crippen LogP contribution in [0.15, 0.2) is 48.8 Å². The molecule has 2 aromatic rings. The van der Waals surface area contributed by atoms with Crippen molar-refractivity contribution in [1.82, 2.24) is 0 Å². The molecule has 130 valence electrons. The minimum absolute atomic E-state index is 0. The van der Waals surface area contributed by atoms with E-state index in [9.17, 15) is 0 Å². The first-order valence-electron chi connectivity index (χ1n) is 8.21. The van der Waals surface area contributed by atoms with E-state index < -0.39 is 0 Å². The van der Waals surface area contributed by atoms with E-state index in [2.05, 4.69) is 85.6 Å². The van der Waals surface area contributed by atoms with Gasteiger partial charge < -0.3 is 48.0 Å². The van der Waals surface area contributed by atoms with E-state index in [-0.39, 0.29) is 48.0 Å². The summed E-state index contributed by atoms with van der Waals surface area (Å²) in [6.45, 7) is 10.9. The molecule has 0 amide bonds. The Kier molecular flexibility index (Phi) is 16.6. The molecule has 0 saturated heterocycles. The molecule has 0 radical (unpaired) electrons. The van der Waals surface area contributed by atoms with Crippen LogP contribution in [0.5, 0.6) is 0 Å². The average molecular weight is 540 g/mol. The quantitative estimate of drug-likeness (QED) is 0.293. The molecule has 0 spiro atoms. The van der Waals surface area contributed by atoms with Gasteiger partial charge in [-0.15, -0.1) is 0 Å². The predicted molar refractivity (Wildman–Crippen MR) is 88.0 cm³/mol. The van der Waals surface area contributed by atoms with Crippen LogP contribution in [0.2, 0.25) is 0 Å². The third kappa shape index (κ3) is 8.98. The Hall–Kier alpha value is -0.240. The van der Waals surface area contributed by atoms with E-state index in [4.69, 9.17) is 0 Å². The van der Waals surface area contributed by atoms with Crippen LogP contribution in [0.25, 0.3) is 0 Å². The summed E-state index contributed by atoms with van der Waals surface area (Å²) in [6.07, 6.45) is 7.80. The highest BCUT2D eigenvalue weighted by atomic mass is 127. The molecule has 4 heteroatoms. The van der Waals surface area contributed by atoms with E-state index >= 15 is 0 Å². The van der Waals surface area contributed by atoms with Gasteiger partial charge in [-0.1, -0.05) is 26.0 Å². The van der Waals surface area contributed by atoms with Gasteiger partial charge in [0.2, 0.25) is 0 Å². The topological polar surface area (TPSA) is 7.76 Å². The van der Waals surface area contributed by atoms with E-state index in [1.54, 1.807) is 0 Å². The molecule has 2 nitrogen and oxygen atoms in total. The van der Waals surface area contributed by atoms with Gasteiger partial charge in [0.05, 0.1) is 0 Å². The van der Waals surface area contributed by atoms with Crippen LogP contribution in [0, 0.1) is 0 Å². The number of hydrogen-bond acceptors (Lipinski definition) is 0. The number of pyridine rings is 2. The molecule has 2 aromatic heterocycles. The van der Waals surface area contributed by atoms with Crippen molar-refractivity contribution in [1.29, 1.82) is 0 Å². The summed E-state index contributed by atoms with van der Waals surface area (Å²) in [5, 5.41) is 0. The average Bonchev–Trinajstić information content (AvgIpc) is 2.56. The Morgan fingerprint density at radius 1 is 0.696 bits per heavy atom. The van der Waals surface area contributed by atoms with E-state index in [0.717, 1.165) is 19.5 Å². The van der Waals surface area contributed by atoms with E-state index in [1.807, 2.05) is 0 Å². The summed E-state index contributed by atoms with van der Waals surface area (Å²) in [7, 11) is 0. The van der Waals surface area contributed by atoms with Crippen molar-refractivity contribution < 1.29 is 57.1 Å². The van der Waals surface area contributed by atoms with Gasteiger partial charge >= 0.3 is 0 Å². The van der Waals surface area contributed by atoms with E-state index in [0.29, 0.717) is 0 Å². The fourth-order valence-electron chi connectivity index (χ4n) is 2.44. The third-order valence-electron chi connectivity index (χ3n) is 3.62. The Morgan fingerprint density at radius 3 is 1.57 bits per heavy atom. The minimum Gasteiger partial charge on any atom is -1.00 e. The lowest BCUT2D eigenvalue weighted by atomic mass is 10.2. The highest BCUT2D eigenvalue weighted by Gasteiger charge is 2.04. The standard InChI is InChI=1S/C10H16N.C9H14N.2HI/c1-3-7-10-8-5-6-9-11(10)4-2;1-3-9-7-5-6-8-10(9)4-2;;/h5-6,8-9H,3-4,7H2,1-2H3;5-8H,3-4H2,1-2H3;2*1H/q2*+1;;/p-2. The Bertz CT molecular complexity index is 507. The normalized spacial score (nSPS) is 9.04. The minimum atomic E-state index is 0. The van der Waals surface area contributed by atoms with Gasteiger partial charge in [0.1, 0.15) is 13.1 Å². The lowest BCUT2D eigenvalue weighted by Crippen LogP contribution is -3.00. The summed E-state index contributed by atoms with van der Waals surface area (Å²) in [5.41, 5.74) is 2.85. The smallest absolute Gasteiger partial charge is 0.181 e. The van der Waals surface area contributed by atoms with Crippen LogP contribution >= 0.6 is 0 Å².